The topological polar surface area (TPSA) is 86.2 Å². The Bertz CT molecular complexity index is 303. The molecular weight excluding hydrogens is 208 g/mol. The summed E-state index contributed by atoms with van der Waals surface area (Å²) >= 11 is 0. The van der Waals surface area contributed by atoms with E-state index in [9.17, 15) is 5.11 Å². The average molecular weight is 228 g/mol. The van der Waals surface area contributed by atoms with Crippen LogP contribution < -0.4 is 5.73 Å². The summed E-state index contributed by atoms with van der Waals surface area (Å²) in [7, 11) is 0. The van der Waals surface area contributed by atoms with E-state index < -0.39 is 6.10 Å². The molecule has 0 bridgehead atoms. The monoisotopic (exact) mass is 228 g/mol. The second kappa shape index (κ2) is 6.57. The minimum atomic E-state index is -0.563. The van der Waals surface area contributed by atoms with E-state index in [0.717, 1.165) is 12.1 Å². The summed E-state index contributed by atoms with van der Waals surface area (Å²) in [6.07, 6.45) is 2.02. The molecule has 0 saturated carbocycles. The SMILES string of the molecule is CCOCC(O)Cn1cc(C(N)CC)nn1. The summed E-state index contributed by atoms with van der Waals surface area (Å²) < 4.78 is 6.70. The van der Waals surface area contributed by atoms with E-state index in [1.807, 2.05) is 13.8 Å². The van der Waals surface area contributed by atoms with Crippen molar-refractivity contribution in [1.82, 2.24) is 15.0 Å². The molecule has 0 saturated heterocycles. The van der Waals surface area contributed by atoms with Gasteiger partial charge in [0, 0.05) is 6.61 Å². The van der Waals surface area contributed by atoms with Gasteiger partial charge >= 0.3 is 0 Å². The normalized spacial score (nSPS) is 15.0. The van der Waals surface area contributed by atoms with Crippen LogP contribution in [-0.4, -0.2) is 39.4 Å². The molecule has 6 nitrogen and oxygen atoms in total. The number of nitrogens with two attached hydrogens (primary N) is 1. The van der Waals surface area contributed by atoms with E-state index in [2.05, 4.69) is 10.3 Å². The van der Waals surface area contributed by atoms with E-state index >= 15 is 0 Å². The van der Waals surface area contributed by atoms with Crippen LogP contribution in [0.15, 0.2) is 6.20 Å². The third-order valence-electron chi connectivity index (χ3n) is 2.29. The first kappa shape index (κ1) is 13.1. The van der Waals surface area contributed by atoms with Gasteiger partial charge in [-0.05, 0) is 13.3 Å². The van der Waals surface area contributed by atoms with Crippen molar-refractivity contribution in [2.75, 3.05) is 13.2 Å². The second-order valence-electron chi connectivity index (χ2n) is 3.69. The van der Waals surface area contributed by atoms with Crippen LogP contribution in [0, 0.1) is 0 Å². The maximum absolute atomic E-state index is 9.59. The van der Waals surface area contributed by atoms with Gasteiger partial charge in [0.15, 0.2) is 0 Å². The van der Waals surface area contributed by atoms with E-state index in [0.29, 0.717) is 19.8 Å². The predicted octanol–water partition coefficient (Wildman–Crippen LogP) is 0.0853. The fraction of sp³-hybridized carbons (Fsp3) is 0.800. The number of ether oxygens (including phenoxy) is 1. The van der Waals surface area contributed by atoms with Gasteiger partial charge in [-0.3, -0.25) is 0 Å². The van der Waals surface area contributed by atoms with Crippen LogP contribution in [0.3, 0.4) is 0 Å². The lowest BCUT2D eigenvalue weighted by Gasteiger charge is -2.09. The van der Waals surface area contributed by atoms with Gasteiger partial charge in [0.25, 0.3) is 0 Å². The molecule has 1 aromatic heterocycles. The first-order chi connectivity index (χ1) is 7.67. The third-order valence-corrected chi connectivity index (χ3v) is 2.29. The van der Waals surface area contributed by atoms with Crippen molar-refractivity contribution in [3.05, 3.63) is 11.9 Å². The molecule has 1 heterocycles. The van der Waals surface area contributed by atoms with Crippen molar-refractivity contribution < 1.29 is 9.84 Å². The van der Waals surface area contributed by atoms with Gasteiger partial charge < -0.3 is 15.6 Å². The second-order valence-corrected chi connectivity index (χ2v) is 3.69. The zero-order valence-corrected chi connectivity index (χ0v) is 9.83. The molecule has 2 atom stereocenters. The van der Waals surface area contributed by atoms with Crippen molar-refractivity contribution in [1.29, 1.82) is 0 Å². The predicted molar refractivity (Wildman–Crippen MR) is 59.7 cm³/mol. The van der Waals surface area contributed by atoms with Crippen molar-refractivity contribution >= 4 is 0 Å². The highest BCUT2D eigenvalue weighted by Gasteiger charge is 2.10. The minimum Gasteiger partial charge on any atom is -0.389 e. The van der Waals surface area contributed by atoms with Crippen molar-refractivity contribution in [2.24, 2.45) is 5.73 Å². The molecule has 6 heteroatoms. The van der Waals surface area contributed by atoms with Gasteiger partial charge in [0.05, 0.1) is 37.2 Å². The van der Waals surface area contributed by atoms with Gasteiger partial charge in [-0.2, -0.15) is 0 Å². The summed E-state index contributed by atoms with van der Waals surface area (Å²) in [6, 6.07) is -0.0854. The Kier molecular flexibility index (Phi) is 5.37. The largest absolute Gasteiger partial charge is 0.389 e. The number of aromatic nitrogens is 3. The number of rotatable bonds is 7. The molecule has 0 amide bonds. The fourth-order valence-corrected chi connectivity index (χ4v) is 1.30. The van der Waals surface area contributed by atoms with E-state index in [4.69, 9.17) is 10.5 Å². The molecule has 0 aromatic carbocycles. The van der Waals surface area contributed by atoms with Gasteiger partial charge in [-0.25, -0.2) is 4.68 Å². The number of aliphatic hydroxyl groups excluding tert-OH is 1. The number of hydrogen-bond acceptors (Lipinski definition) is 5. The first-order valence-corrected chi connectivity index (χ1v) is 5.58. The van der Waals surface area contributed by atoms with Gasteiger partial charge in [-0.1, -0.05) is 12.1 Å². The summed E-state index contributed by atoms with van der Waals surface area (Å²) in [4.78, 5) is 0. The lowest BCUT2D eigenvalue weighted by Crippen LogP contribution is -2.22. The molecule has 0 aliphatic carbocycles. The quantitative estimate of drug-likeness (QED) is 0.690. The zero-order chi connectivity index (χ0) is 12.0. The first-order valence-electron chi connectivity index (χ1n) is 5.58. The molecule has 0 aliphatic heterocycles. The summed E-state index contributed by atoms with van der Waals surface area (Å²) in [5.74, 6) is 0. The molecule has 1 aromatic rings. The molecule has 0 radical (unpaired) electrons. The van der Waals surface area contributed by atoms with E-state index in [1.54, 1.807) is 10.9 Å². The third kappa shape index (κ3) is 3.88. The summed E-state index contributed by atoms with van der Waals surface area (Å²) in [5, 5.41) is 17.5. The van der Waals surface area contributed by atoms with Crippen LogP contribution in [0.5, 0.6) is 0 Å². The average Bonchev–Trinajstić information content (AvgIpc) is 2.73. The van der Waals surface area contributed by atoms with E-state index in [-0.39, 0.29) is 6.04 Å². The Morgan fingerprint density at radius 2 is 2.31 bits per heavy atom. The molecule has 2 unspecified atom stereocenters. The van der Waals surface area contributed by atoms with Gasteiger partial charge in [-0.15, -0.1) is 5.10 Å². The zero-order valence-electron chi connectivity index (χ0n) is 9.83. The van der Waals surface area contributed by atoms with E-state index in [1.165, 1.54) is 0 Å². The lowest BCUT2D eigenvalue weighted by molar-refractivity contribution is 0.0313. The Morgan fingerprint density at radius 3 is 2.94 bits per heavy atom. The Balaban J connectivity index is 2.45. The van der Waals surface area contributed by atoms with Crippen molar-refractivity contribution in [3.8, 4) is 0 Å². The minimum absolute atomic E-state index is 0.0854. The van der Waals surface area contributed by atoms with Crippen LogP contribution in [0.4, 0.5) is 0 Å². The van der Waals surface area contributed by atoms with Gasteiger partial charge in [0.2, 0.25) is 0 Å². The van der Waals surface area contributed by atoms with Crippen LogP contribution in [0.2, 0.25) is 0 Å². The van der Waals surface area contributed by atoms with Crippen molar-refractivity contribution in [3.63, 3.8) is 0 Å². The van der Waals surface area contributed by atoms with Crippen LogP contribution >= 0.6 is 0 Å². The molecule has 0 spiro atoms. The molecule has 3 N–H and O–H groups in total. The number of aliphatic hydroxyl groups is 1. The highest BCUT2D eigenvalue weighted by atomic mass is 16.5. The molecule has 0 aliphatic rings. The maximum atomic E-state index is 9.59. The molecular formula is C10H20N4O2. The molecule has 16 heavy (non-hydrogen) atoms. The Labute approximate surface area is 95.4 Å². The Morgan fingerprint density at radius 1 is 1.56 bits per heavy atom. The Hall–Kier alpha value is -0.980. The highest BCUT2D eigenvalue weighted by molar-refractivity contribution is 4.98. The summed E-state index contributed by atoms with van der Waals surface area (Å²) in [5.41, 5.74) is 6.57. The van der Waals surface area contributed by atoms with Crippen molar-refractivity contribution in [2.45, 2.75) is 39.0 Å². The standard InChI is InChI=1S/C10H20N4O2/c1-3-9(11)10-6-14(13-12-10)5-8(15)7-16-4-2/h6,8-9,15H,3-5,7,11H2,1-2H3. The molecule has 92 valence electrons. The smallest absolute Gasteiger partial charge is 0.0994 e. The lowest BCUT2D eigenvalue weighted by atomic mass is 10.2. The fourth-order valence-electron chi connectivity index (χ4n) is 1.30. The van der Waals surface area contributed by atoms with Gasteiger partial charge in [0.1, 0.15) is 0 Å². The number of nitrogens with zero attached hydrogens (tertiary/aromatic N) is 3. The number of hydrogen-bond donors (Lipinski definition) is 2. The maximum Gasteiger partial charge on any atom is 0.0994 e. The highest BCUT2D eigenvalue weighted by Crippen LogP contribution is 2.09. The van der Waals surface area contributed by atoms with Crippen LogP contribution in [0.25, 0.3) is 0 Å². The molecule has 1 rings (SSSR count). The summed E-state index contributed by atoms with van der Waals surface area (Å²) in [6.45, 7) is 5.17. The van der Waals surface area contributed by atoms with Crippen LogP contribution in [-0.2, 0) is 11.3 Å². The van der Waals surface area contributed by atoms with Crippen LogP contribution in [0.1, 0.15) is 32.0 Å². The molecule has 0 fully saturated rings.